The number of ether oxygens (including phenoxy) is 1. The summed E-state index contributed by atoms with van der Waals surface area (Å²) in [5.41, 5.74) is 7.69. The zero-order chi connectivity index (χ0) is 24.1. The number of carboxylic acid groups (broad SMARTS) is 1. The van der Waals surface area contributed by atoms with Crippen LogP contribution in [-0.2, 0) is 16.1 Å². The number of rotatable bonds is 7. The summed E-state index contributed by atoms with van der Waals surface area (Å²) in [5.74, 6) is -1.67. The van der Waals surface area contributed by atoms with Gasteiger partial charge < -0.3 is 26.2 Å². The number of halogens is 2. The van der Waals surface area contributed by atoms with E-state index in [1.54, 1.807) is 24.3 Å². The second kappa shape index (κ2) is 10.9. The summed E-state index contributed by atoms with van der Waals surface area (Å²) in [6.45, 7) is 0.219. The van der Waals surface area contributed by atoms with E-state index in [4.69, 9.17) is 27.2 Å². The minimum Gasteiger partial charge on any atom is -0.495 e. The molecule has 0 atom stereocenters. The van der Waals surface area contributed by atoms with Crippen LogP contribution in [0.2, 0.25) is 5.02 Å². The first-order valence-electron chi connectivity index (χ1n) is 10.4. The normalized spacial score (nSPS) is 17.8. The molecule has 33 heavy (non-hydrogen) atoms. The van der Waals surface area contributed by atoms with Crippen LogP contribution < -0.4 is 21.1 Å². The van der Waals surface area contributed by atoms with Gasteiger partial charge in [0.1, 0.15) is 5.75 Å². The molecule has 3 rings (SSSR count). The lowest BCUT2D eigenvalue weighted by Gasteiger charge is -2.25. The molecule has 1 aliphatic rings. The molecule has 1 aliphatic carbocycles. The van der Waals surface area contributed by atoms with Crippen LogP contribution in [0.25, 0.3) is 0 Å². The minimum atomic E-state index is -0.827. The molecular weight excluding hydrogens is 514 g/mol. The Balaban J connectivity index is 1.71. The van der Waals surface area contributed by atoms with Crippen LogP contribution in [0, 0.1) is 11.8 Å². The van der Waals surface area contributed by atoms with Crippen LogP contribution in [0.5, 0.6) is 5.75 Å². The molecule has 0 saturated heterocycles. The number of nitrogens with two attached hydrogens (primary N) is 1. The van der Waals surface area contributed by atoms with Crippen molar-refractivity contribution in [3.05, 3.63) is 51.0 Å². The molecule has 0 radical (unpaired) electrons. The number of aliphatic carboxylic acids is 1. The Labute approximate surface area is 204 Å². The standard InChI is InChI=1S/C23H25BrClN3O5/c1-33-20-7-2-12(8-17(20)25)11-27-22(30)15-9-16(24)18(26)10-19(15)28-21(29)13-3-5-14(6-4-13)23(31)32/h2,7-10,13-14H,3-6,11,26H2,1H3,(H,27,30)(H,28,29)(H,31,32). The topological polar surface area (TPSA) is 131 Å². The third-order valence-corrected chi connectivity index (χ3v) is 6.74. The molecule has 2 aromatic rings. The molecule has 1 fully saturated rings. The highest BCUT2D eigenvalue weighted by Crippen LogP contribution is 2.32. The zero-order valence-electron chi connectivity index (χ0n) is 18.0. The molecule has 176 valence electrons. The van der Waals surface area contributed by atoms with Gasteiger partial charge in [-0.25, -0.2) is 0 Å². The molecule has 0 aliphatic heterocycles. The van der Waals surface area contributed by atoms with Gasteiger partial charge in [-0.15, -0.1) is 0 Å². The predicted octanol–water partition coefficient (Wildman–Crippen LogP) is 4.45. The van der Waals surface area contributed by atoms with E-state index in [1.807, 2.05) is 0 Å². The SMILES string of the molecule is COc1ccc(CNC(=O)c2cc(Br)c(N)cc2NC(=O)C2CCC(C(=O)O)CC2)cc1Cl. The summed E-state index contributed by atoms with van der Waals surface area (Å²) in [7, 11) is 1.52. The maximum absolute atomic E-state index is 12.9. The molecule has 1 saturated carbocycles. The van der Waals surface area contributed by atoms with Gasteiger partial charge in [0.05, 0.1) is 29.3 Å². The molecule has 0 bridgehead atoms. The van der Waals surface area contributed by atoms with Crippen LogP contribution in [0.4, 0.5) is 11.4 Å². The van der Waals surface area contributed by atoms with Crippen molar-refractivity contribution in [3.8, 4) is 5.75 Å². The quantitative estimate of drug-likeness (QED) is 0.385. The number of amides is 2. The molecule has 0 aromatic heterocycles. The van der Waals surface area contributed by atoms with E-state index in [9.17, 15) is 14.4 Å². The number of benzene rings is 2. The van der Waals surface area contributed by atoms with Crippen LogP contribution in [0.3, 0.4) is 0 Å². The molecule has 10 heteroatoms. The average molecular weight is 539 g/mol. The Morgan fingerprint density at radius 3 is 2.42 bits per heavy atom. The molecule has 5 N–H and O–H groups in total. The summed E-state index contributed by atoms with van der Waals surface area (Å²) in [4.78, 5) is 36.9. The van der Waals surface area contributed by atoms with Crippen molar-refractivity contribution in [2.45, 2.75) is 32.2 Å². The number of anilines is 2. The largest absolute Gasteiger partial charge is 0.495 e. The highest BCUT2D eigenvalue weighted by atomic mass is 79.9. The van der Waals surface area contributed by atoms with E-state index < -0.39 is 17.8 Å². The lowest BCUT2D eigenvalue weighted by atomic mass is 9.81. The fraction of sp³-hybridized carbons (Fsp3) is 0.348. The number of carboxylic acids is 1. The van der Waals surface area contributed by atoms with E-state index in [1.165, 1.54) is 13.2 Å². The first-order valence-corrected chi connectivity index (χ1v) is 11.6. The summed E-state index contributed by atoms with van der Waals surface area (Å²) >= 11 is 9.47. The van der Waals surface area contributed by atoms with E-state index >= 15 is 0 Å². The van der Waals surface area contributed by atoms with Crippen LogP contribution in [-0.4, -0.2) is 30.0 Å². The second-order valence-corrected chi connectivity index (χ2v) is 9.21. The molecule has 2 aromatic carbocycles. The monoisotopic (exact) mass is 537 g/mol. The Morgan fingerprint density at radius 2 is 1.82 bits per heavy atom. The number of nitrogen functional groups attached to an aromatic ring is 1. The smallest absolute Gasteiger partial charge is 0.306 e. The van der Waals surface area contributed by atoms with Gasteiger partial charge in [0.15, 0.2) is 0 Å². The van der Waals surface area contributed by atoms with Crippen molar-refractivity contribution in [2.24, 2.45) is 11.8 Å². The number of nitrogens with one attached hydrogen (secondary N) is 2. The number of methoxy groups -OCH3 is 1. The Morgan fingerprint density at radius 1 is 1.15 bits per heavy atom. The Kier molecular flexibility index (Phi) is 8.20. The summed E-state index contributed by atoms with van der Waals surface area (Å²) in [6.07, 6.45) is 1.87. The molecule has 2 amide bonds. The van der Waals surface area contributed by atoms with E-state index in [2.05, 4.69) is 26.6 Å². The summed E-state index contributed by atoms with van der Waals surface area (Å²) < 4.78 is 5.66. The lowest BCUT2D eigenvalue weighted by molar-refractivity contribution is -0.143. The zero-order valence-corrected chi connectivity index (χ0v) is 20.3. The van der Waals surface area contributed by atoms with Gasteiger partial charge in [0.25, 0.3) is 5.91 Å². The minimum absolute atomic E-state index is 0.219. The maximum atomic E-state index is 12.9. The fourth-order valence-corrected chi connectivity index (χ4v) is 4.44. The van der Waals surface area contributed by atoms with E-state index in [0.29, 0.717) is 52.3 Å². The van der Waals surface area contributed by atoms with Gasteiger partial charge in [0, 0.05) is 22.6 Å². The van der Waals surface area contributed by atoms with Crippen LogP contribution in [0.15, 0.2) is 34.8 Å². The van der Waals surface area contributed by atoms with Crippen LogP contribution >= 0.6 is 27.5 Å². The van der Waals surface area contributed by atoms with Crippen molar-refractivity contribution in [1.82, 2.24) is 5.32 Å². The van der Waals surface area contributed by atoms with Crippen molar-refractivity contribution in [3.63, 3.8) is 0 Å². The predicted molar refractivity (Wildman–Crippen MR) is 129 cm³/mol. The van der Waals surface area contributed by atoms with Crippen LogP contribution in [0.1, 0.15) is 41.6 Å². The average Bonchev–Trinajstić information content (AvgIpc) is 2.79. The summed E-state index contributed by atoms with van der Waals surface area (Å²) in [5, 5.41) is 15.2. The molecule has 0 heterocycles. The lowest BCUT2D eigenvalue weighted by Crippen LogP contribution is -2.31. The van der Waals surface area contributed by atoms with Gasteiger partial charge in [-0.2, -0.15) is 0 Å². The maximum Gasteiger partial charge on any atom is 0.306 e. The van der Waals surface area contributed by atoms with Gasteiger partial charge >= 0.3 is 5.97 Å². The fourth-order valence-electron chi connectivity index (χ4n) is 3.82. The van der Waals surface area contributed by atoms with E-state index in [0.717, 1.165) is 5.56 Å². The first kappa shape index (κ1) is 24.9. The third-order valence-electron chi connectivity index (χ3n) is 5.76. The number of hydrogen-bond donors (Lipinski definition) is 4. The first-order chi connectivity index (χ1) is 15.7. The Bertz CT molecular complexity index is 1070. The van der Waals surface area contributed by atoms with Crippen molar-refractivity contribution in [1.29, 1.82) is 0 Å². The van der Waals surface area contributed by atoms with Gasteiger partial charge in [0.2, 0.25) is 5.91 Å². The van der Waals surface area contributed by atoms with Crippen molar-refractivity contribution >= 4 is 56.7 Å². The number of carbonyl (C=O) groups is 3. The molecule has 0 unspecified atom stereocenters. The van der Waals surface area contributed by atoms with Gasteiger partial charge in [-0.05, 0) is 71.4 Å². The summed E-state index contributed by atoms with van der Waals surface area (Å²) in [6, 6.07) is 8.30. The molecule has 8 nitrogen and oxygen atoms in total. The number of hydrogen-bond acceptors (Lipinski definition) is 5. The molecule has 0 spiro atoms. The highest BCUT2D eigenvalue weighted by molar-refractivity contribution is 9.10. The Hall–Kier alpha value is -2.78. The second-order valence-electron chi connectivity index (χ2n) is 7.95. The van der Waals surface area contributed by atoms with Crippen molar-refractivity contribution in [2.75, 3.05) is 18.2 Å². The number of carbonyl (C=O) groups excluding carboxylic acids is 2. The van der Waals surface area contributed by atoms with E-state index in [-0.39, 0.29) is 23.9 Å². The third kappa shape index (κ3) is 6.17. The molecular formula is C23H25BrClN3O5. The van der Waals surface area contributed by atoms with Gasteiger partial charge in [-0.1, -0.05) is 17.7 Å². The van der Waals surface area contributed by atoms with Gasteiger partial charge in [-0.3, -0.25) is 14.4 Å². The highest BCUT2D eigenvalue weighted by Gasteiger charge is 2.30. The van der Waals surface area contributed by atoms with Crippen molar-refractivity contribution < 1.29 is 24.2 Å².